The SMILES string of the molecule is Cn1cc(C(N)C(=O)NC2CC(C(=O)O)c3ccccc32)cn1. The van der Waals surface area contributed by atoms with Crippen molar-refractivity contribution in [2.24, 2.45) is 12.8 Å². The Hall–Kier alpha value is -2.67. The number of carbonyl (C=O) groups is 2. The van der Waals surface area contributed by atoms with Gasteiger partial charge in [-0.05, 0) is 17.5 Å². The number of carboxylic acid groups (broad SMARTS) is 1. The highest BCUT2D eigenvalue weighted by molar-refractivity contribution is 5.84. The van der Waals surface area contributed by atoms with Crippen molar-refractivity contribution in [1.82, 2.24) is 15.1 Å². The van der Waals surface area contributed by atoms with Gasteiger partial charge in [-0.1, -0.05) is 24.3 Å². The molecule has 0 radical (unpaired) electrons. The summed E-state index contributed by atoms with van der Waals surface area (Å²) in [6.07, 6.45) is 3.57. The van der Waals surface area contributed by atoms with E-state index in [1.54, 1.807) is 36.3 Å². The van der Waals surface area contributed by atoms with E-state index in [-0.39, 0.29) is 11.9 Å². The van der Waals surface area contributed by atoms with E-state index in [0.717, 1.165) is 11.1 Å². The molecule has 0 fully saturated rings. The number of carboxylic acids is 1. The minimum atomic E-state index is -0.884. The Bertz CT molecular complexity index is 755. The first-order valence-corrected chi connectivity index (χ1v) is 7.33. The molecule has 23 heavy (non-hydrogen) atoms. The first-order valence-electron chi connectivity index (χ1n) is 7.33. The summed E-state index contributed by atoms with van der Waals surface area (Å²) in [5.41, 5.74) is 8.17. The molecule has 1 aromatic heterocycles. The van der Waals surface area contributed by atoms with Crippen LogP contribution in [-0.4, -0.2) is 26.8 Å². The van der Waals surface area contributed by atoms with Crippen LogP contribution in [0.3, 0.4) is 0 Å². The standard InChI is InChI=1S/C16H18N4O3/c1-20-8-9(7-18-20)14(17)15(21)19-13-6-12(16(22)23)10-4-2-3-5-11(10)13/h2-5,7-8,12-14H,6,17H2,1H3,(H,19,21)(H,22,23). The van der Waals surface area contributed by atoms with Crippen LogP contribution < -0.4 is 11.1 Å². The monoisotopic (exact) mass is 314 g/mol. The molecule has 1 heterocycles. The van der Waals surface area contributed by atoms with Crippen molar-refractivity contribution in [3.8, 4) is 0 Å². The summed E-state index contributed by atoms with van der Waals surface area (Å²) in [6.45, 7) is 0. The van der Waals surface area contributed by atoms with Crippen LogP contribution in [0.15, 0.2) is 36.7 Å². The molecule has 1 amide bonds. The average Bonchev–Trinajstić information content (AvgIpc) is 3.11. The molecule has 1 aromatic carbocycles. The smallest absolute Gasteiger partial charge is 0.311 e. The summed E-state index contributed by atoms with van der Waals surface area (Å²) in [6, 6.07) is 6.10. The minimum Gasteiger partial charge on any atom is -0.481 e. The molecule has 0 spiro atoms. The lowest BCUT2D eigenvalue weighted by molar-refractivity contribution is -0.139. The van der Waals surface area contributed by atoms with Crippen molar-refractivity contribution < 1.29 is 14.7 Å². The maximum absolute atomic E-state index is 12.4. The molecule has 3 atom stereocenters. The van der Waals surface area contributed by atoms with Crippen LogP contribution in [0.5, 0.6) is 0 Å². The molecule has 120 valence electrons. The molecule has 1 aliphatic carbocycles. The van der Waals surface area contributed by atoms with Gasteiger partial charge >= 0.3 is 5.97 Å². The van der Waals surface area contributed by atoms with Gasteiger partial charge in [-0.15, -0.1) is 0 Å². The van der Waals surface area contributed by atoms with Gasteiger partial charge in [0.2, 0.25) is 5.91 Å². The molecule has 2 aromatic rings. The fourth-order valence-corrected chi connectivity index (χ4v) is 3.02. The number of aliphatic carboxylic acids is 1. The molecule has 4 N–H and O–H groups in total. The predicted molar refractivity (Wildman–Crippen MR) is 82.5 cm³/mol. The fourth-order valence-electron chi connectivity index (χ4n) is 3.02. The van der Waals surface area contributed by atoms with Gasteiger partial charge in [0.1, 0.15) is 6.04 Å². The Morgan fingerprint density at radius 2 is 2.09 bits per heavy atom. The normalized spacial score (nSPS) is 20.8. The van der Waals surface area contributed by atoms with Gasteiger partial charge in [-0.3, -0.25) is 14.3 Å². The Morgan fingerprint density at radius 1 is 1.39 bits per heavy atom. The van der Waals surface area contributed by atoms with Crippen LogP contribution >= 0.6 is 0 Å². The van der Waals surface area contributed by atoms with Gasteiger partial charge < -0.3 is 16.2 Å². The number of amides is 1. The van der Waals surface area contributed by atoms with Crippen LogP contribution in [0, 0.1) is 0 Å². The van der Waals surface area contributed by atoms with Gasteiger partial charge in [0.05, 0.1) is 18.2 Å². The zero-order valence-corrected chi connectivity index (χ0v) is 12.6. The Balaban J connectivity index is 1.78. The number of nitrogens with two attached hydrogens (primary N) is 1. The van der Waals surface area contributed by atoms with Crippen molar-refractivity contribution in [2.45, 2.75) is 24.4 Å². The summed E-state index contributed by atoms with van der Waals surface area (Å²) >= 11 is 0. The van der Waals surface area contributed by atoms with E-state index in [0.29, 0.717) is 12.0 Å². The third kappa shape index (κ3) is 2.83. The number of fused-ring (bicyclic) bond motifs is 1. The largest absolute Gasteiger partial charge is 0.481 e. The molecule has 3 unspecified atom stereocenters. The lowest BCUT2D eigenvalue weighted by Gasteiger charge is -2.17. The first kappa shape index (κ1) is 15.2. The van der Waals surface area contributed by atoms with E-state index in [1.165, 1.54) is 0 Å². The number of hydrogen-bond donors (Lipinski definition) is 3. The molecule has 7 heteroatoms. The maximum atomic E-state index is 12.4. The lowest BCUT2D eigenvalue weighted by Crippen LogP contribution is -2.36. The number of benzene rings is 1. The number of carbonyl (C=O) groups excluding carboxylic acids is 1. The van der Waals surface area contributed by atoms with E-state index in [4.69, 9.17) is 5.73 Å². The second-order valence-corrected chi connectivity index (χ2v) is 5.74. The molecule has 7 nitrogen and oxygen atoms in total. The van der Waals surface area contributed by atoms with Crippen LogP contribution in [0.2, 0.25) is 0 Å². The zero-order chi connectivity index (χ0) is 16.6. The Labute approximate surface area is 133 Å². The second-order valence-electron chi connectivity index (χ2n) is 5.74. The van der Waals surface area contributed by atoms with Gasteiger partial charge in [-0.2, -0.15) is 5.10 Å². The van der Waals surface area contributed by atoms with Crippen LogP contribution in [-0.2, 0) is 16.6 Å². The van der Waals surface area contributed by atoms with Gasteiger partial charge in [0.25, 0.3) is 0 Å². The second kappa shape index (κ2) is 5.85. The molecular weight excluding hydrogens is 296 g/mol. The van der Waals surface area contributed by atoms with Gasteiger partial charge in [-0.25, -0.2) is 0 Å². The van der Waals surface area contributed by atoms with Crippen molar-refractivity contribution in [2.75, 3.05) is 0 Å². The van der Waals surface area contributed by atoms with Crippen molar-refractivity contribution in [1.29, 1.82) is 0 Å². The number of aromatic nitrogens is 2. The Kier molecular flexibility index (Phi) is 3.87. The average molecular weight is 314 g/mol. The van der Waals surface area contributed by atoms with Crippen LogP contribution in [0.4, 0.5) is 0 Å². The summed E-state index contributed by atoms with van der Waals surface area (Å²) < 4.78 is 1.58. The van der Waals surface area contributed by atoms with E-state index in [9.17, 15) is 14.7 Å². The number of rotatable bonds is 4. The third-order valence-electron chi connectivity index (χ3n) is 4.20. The number of nitrogens with zero attached hydrogens (tertiary/aromatic N) is 2. The number of aryl methyl sites for hydroxylation is 1. The van der Waals surface area contributed by atoms with Crippen LogP contribution in [0.25, 0.3) is 0 Å². The molecule has 3 rings (SSSR count). The molecular formula is C16H18N4O3. The minimum absolute atomic E-state index is 0.334. The fraction of sp³-hybridized carbons (Fsp3) is 0.312. The van der Waals surface area contributed by atoms with E-state index < -0.39 is 17.9 Å². The quantitative estimate of drug-likeness (QED) is 0.775. The molecule has 0 aliphatic heterocycles. The number of hydrogen-bond acceptors (Lipinski definition) is 4. The van der Waals surface area contributed by atoms with Crippen molar-refractivity contribution in [3.63, 3.8) is 0 Å². The first-order chi connectivity index (χ1) is 11.0. The summed E-state index contributed by atoms with van der Waals surface area (Å²) in [5.74, 6) is -1.83. The van der Waals surface area contributed by atoms with Gasteiger partial charge in [0.15, 0.2) is 0 Å². The summed E-state index contributed by atoms with van der Waals surface area (Å²) in [7, 11) is 1.75. The van der Waals surface area contributed by atoms with Crippen molar-refractivity contribution >= 4 is 11.9 Å². The lowest BCUT2D eigenvalue weighted by atomic mass is 10.0. The molecule has 0 saturated carbocycles. The topological polar surface area (TPSA) is 110 Å². The predicted octanol–water partition coefficient (Wildman–Crippen LogP) is 0.849. The van der Waals surface area contributed by atoms with Crippen LogP contribution in [0.1, 0.15) is 41.1 Å². The maximum Gasteiger partial charge on any atom is 0.311 e. The van der Waals surface area contributed by atoms with E-state index in [2.05, 4.69) is 10.4 Å². The number of nitrogens with one attached hydrogen (secondary N) is 1. The van der Waals surface area contributed by atoms with E-state index in [1.807, 2.05) is 12.1 Å². The molecule has 0 saturated heterocycles. The zero-order valence-electron chi connectivity index (χ0n) is 12.6. The highest BCUT2D eigenvalue weighted by Gasteiger charge is 2.36. The van der Waals surface area contributed by atoms with E-state index >= 15 is 0 Å². The molecule has 1 aliphatic rings. The summed E-state index contributed by atoms with van der Waals surface area (Å²) in [4.78, 5) is 23.8. The van der Waals surface area contributed by atoms with Gasteiger partial charge in [0, 0.05) is 18.8 Å². The highest BCUT2D eigenvalue weighted by Crippen LogP contribution is 2.40. The summed E-state index contributed by atoms with van der Waals surface area (Å²) in [5, 5.41) is 16.2. The molecule has 0 bridgehead atoms. The van der Waals surface area contributed by atoms with Crippen molar-refractivity contribution in [3.05, 3.63) is 53.3 Å². The Morgan fingerprint density at radius 3 is 2.70 bits per heavy atom. The third-order valence-corrected chi connectivity index (χ3v) is 4.20. The highest BCUT2D eigenvalue weighted by atomic mass is 16.4.